The van der Waals surface area contributed by atoms with Crippen LogP contribution in [0.1, 0.15) is 36.2 Å². The van der Waals surface area contributed by atoms with Gasteiger partial charge in [0.1, 0.15) is 6.33 Å². The van der Waals surface area contributed by atoms with Crippen molar-refractivity contribution in [3.8, 4) is 5.69 Å². The molecule has 0 spiro atoms. The predicted octanol–water partition coefficient (Wildman–Crippen LogP) is 3.18. The van der Waals surface area contributed by atoms with Crippen molar-refractivity contribution in [3.63, 3.8) is 0 Å². The van der Waals surface area contributed by atoms with Gasteiger partial charge in [0.15, 0.2) is 0 Å². The lowest BCUT2D eigenvalue weighted by Crippen LogP contribution is -2.23. The molecule has 0 unspecified atom stereocenters. The van der Waals surface area contributed by atoms with Crippen molar-refractivity contribution in [2.45, 2.75) is 25.8 Å². The molecule has 0 saturated heterocycles. The summed E-state index contributed by atoms with van der Waals surface area (Å²) in [6, 6.07) is 12.9. The van der Waals surface area contributed by atoms with Gasteiger partial charge in [-0.2, -0.15) is 0 Å². The topological polar surface area (TPSA) is 55.6 Å². The normalized spacial score (nSPS) is 13.9. The maximum atomic E-state index is 3.89. The second kappa shape index (κ2) is 6.81. The van der Waals surface area contributed by atoms with Crippen LogP contribution in [0.3, 0.4) is 0 Å². The van der Waals surface area contributed by atoms with E-state index in [1.54, 1.807) is 11.0 Å². The Balaban J connectivity index is 1.59. The van der Waals surface area contributed by atoms with Crippen LogP contribution in [0.5, 0.6) is 0 Å². The molecule has 2 heterocycles. The molecular weight excluding hydrogens is 294 g/mol. The van der Waals surface area contributed by atoms with Gasteiger partial charge in [-0.05, 0) is 46.5 Å². The van der Waals surface area contributed by atoms with Crippen molar-refractivity contribution in [1.82, 2.24) is 25.5 Å². The number of thiophene rings is 1. The molecule has 1 aromatic carbocycles. The summed E-state index contributed by atoms with van der Waals surface area (Å²) in [5.74, 6) is 0.531. The van der Waals surface area contributed by atoms with Gasteiger partial charge in [-0.15, -0.1) is 16.4 Å². The van der Waals surface area contributed by atoms with E-state index in [4.69, 9.17) is 0 Å². The molecule has 0 bridgehead atoms. The first-order valence-corrected chi connectivity index (χ1v) is 8.22. The van der Waals surface area contributed by atoms with Crippen LogP contribution in [0.15, 0.2) is 48.1 Å². The number of nitrogens with zero attached hydrogens (tertiary/aromatic N) is 4. The zero-order valence-electron chi connectivity index (χ0n) is 12.7. The molecule has 0 fully saturated rings. The minimum Gasteiger partial charge on any atom is -0.310 e. The van der Waals surface area contributed by atoms with E-state index in [0.29, 0.717) is 12.0 Å². The smallest absolute Gasteiger partial charge is 0.143 e. The molecule has 0 amide bonds. The van der Waals surface area contributed by atoms with E-state index in [9.17, 15) is 0 Å². The first-order valence-electron chi connectivity index (χ1n) is 7.34. The highest BCUT2D eigenvalue weighted by Gasteiger charge is 2.10. The number of hydrogen-bond donors (Lipinski definition) is 1. The van der Waals surface area contributed by atoms with E-state index in [2.05, 4.69) is 64.3 Å². The molecule has 2 aromatic heterocycles. The fourth-order valence-corrected chi connectivity index (χ4v) is 3.13. The van der Waals surface area contributed by atoms with Crippen molar-refractivity contribution in [2.24, 2.45) is 0 Å². The first kappa shape index (κ1) is 14.9. The summed E-state index contributed by atoms with van der Waals surface area (Å²) >= 11 is 1.82. The van der Waals surface area contributed by atoms with Gasteiger partial charge in [0.2, 0.25) is 0 Å². The lowest BCUT2D eigenvalue weighted by Gasteiger charge is -2.17. The fraction of sp³-hybridized carbons (Fsp3) is 0.312. The van der Waals surface area contributed by atoms with Gasteiger partial charge in [-0.25, -0.2) is 4.68 Å². The molecule has 6 heteroatoms. The van der Waals surface area contributed by atoms with Gasteiger partial charge in [-0.3, -0.25) is 0 Å². The predicted molar refractivity (Wildman–Crippen MR) is 88.3 cm³/mol. The summed E-state index contributed by atoms with van der Waals surface area (Å²) in [6.45, 7) is 5.41. The Labute approximate surface area is 134 Å². The number of tetrazole rings is 1. The second-order valence-electron chi connectivity index (χ2n) is 5.39. The number of hydrogen-bond acceptors (Lipinski definition) is 5. The highest BCUT2D eigenvalue weighted by molar-refractivity contribution is 7.10. The third-order valence-electron chi connectivity index (χ3n) is 3.77. The molecule has 0 aliphatic carbocycles. The third kappa shape index (κ3) is 3.40. The molecule has 3 rings (SSSR count). The van der Waals surface area contributed by atoms with Crippen LogP contribution in [0.2, 0.25) is 0 Å². The van der Waals surface area contributed by atoms with Crippen LogP contribution in [0.25, 0.3) is 5.69 Å². The Morgan fingerprint density at radius 1 is 1.18 bits per heavy atom. The van der Waals surface area contributed by atoms with Gasteiger partial charge in [0.25, 0.3) is 0 Å². The first-order chi connectivity index (χ1) is 10.7. The van der Waals surface area contributed by atoms with Crippen molar-refractivity contribution in [2.75, 3.05) is 6.54 Å². The number of nitrogens with one attached hydrogen (secondary N) is 1. The monoisotopic (exact) mass is 313 g/mol. The van der Waals surface area contributed by atoms with Crippen LogP contribution < -0.4 is 5.32 Å². The Hall–Kier alpha value is -2.05. The van der Waals surface area contributed by atoms with Gasteiger partial charge in [0, 0.05) is 23.4 Å². The molecule has 0 aliphatic rings. The van der Waals surface area contributed by atoms with Crippen LogP contribution in [0, 0.1) is 0 Å². The molecule has 2 atom stereocenters. The van der Waals surface area contributed by atoms with Crippen LogP contribution in [-0.2, 0) is 0 Å². The van der Waals surface area contributed by atoms with Crippen molar-refractivity contribution in [1.29, 1.82) is 0 Å². The quantitative estimate of drug-likeness (QED) is 0.759. The molecule has 22 heavy (non-hydrogen) atoms. The SMILES string of the molecule is C[C@H](CN[C@H](C)c1ccc(-n2cnnn2)cc1)c1cccs1. The van der Waals surface area contributed by atoms with E-state index in [1.807, 2.05) is 23.5 Å². The zero-order valence-corrected chi connectivity index (χ0v) is 13.5. The maximum Gasteiger partial charge on any atom is 0.143 e. The Kier molecular flexibility index (Phi) is 4.60. The van der Waals surface area contributed by atoms with E-state index >= 15 is 0 Å². The van der Waals surface area contributed by atoms with Gasteiger partial charge >= 0.3 is 0 Å². The average molecular weight is 313 g/mol. The van der Waals surface area contributed by atoms with Crippen molar-refractivity contribution < 1.29 is 0 Å². The van der Waals surface area contributed by atoms with Crippen molar-refractivity contribution in [3.05, 3.63) is 58.5 Å². The highest BCUT2D eigenvalue weighted by Crippen LogP contribution is 2.21. The van der Waals surface area contributed by atoms with Gasteiger partial charge < -0.3 is 5.32 Å². The zero-order chi connectivity index (χ0) is 15.4. The summed E-state index contributed by atoms with van der Waals surface area (Å²) in [7, 11) is 0. The minimum absolute atomic E-state index is 0.310. The largest absolute Gasteiger partial charge is 0.310 e. The Morgan fingerprint density at radius 3 is 2.64 bits per heavy atom. The molecule has 3 aromatic rings. The maximum absolute atomic E-state index is 3.89. The minimum atomic E-state index is 0.310. The number of aromatic nitrogens is 4. The molecule has 0 radical (unpaired) electrons. The lowest BCUT2D eigenvalue weighted by molar-refractivity contribution is 0.540. The lowest BCUT2D eigenvalue weighted by atomic mass is 10.1. The molecule has 5 nitrogen and oxygen atoms in total. The number of benzene rings is 1. The molecule has 0 saturated carbocycles. The van der Waals surface area contributed by atoms with Crippen molar-refractivity contribution >= 4 is 11.3 Å². The average Bonchev–Trinajstić information content (AvgIpc) is 3.25. The second-order valence-corrected chi connectivity index (χ2v) is 6.37. The number of rotatable bonds is 6. The van der Waals surface area contributed by atoms with Gasteiger partial charge in [0.05, 0.1) is 5.69 Å². The van der Waals surface area contributed by atoms with E-state index < -0.39 is 0 Å². The standard InChI is InChI=1S/C16H19N5S/c1-12(16-4-3-9-22-16)10-17-13(2)14-5-7-15(8-6-14)21-11-18-19-20-21/h3-9,11-13,17H,10H2,1-2H3/t12-,13-/m1/s1. The fourth-order valence-electron chi connectivity index (χ4n) is 2.34. The third-order valence-corrected chi connectivity index (χ3v) is 4.87. The summed E-state index contributed by atoms with van der Waals surface area (Å²) < 4.78 is 1.65. The summed E-state index contributed by atoms with van der Waals surface area (Å²) in [6.07, 6.45) is 1.60. The van der Waals surface area contributed by atoms with Crippen LogP contribution >= 0.6 is 11.3 Å². The Morgan fingerprint density at radius 2 is 2.00 bits per heavy atom. The summed E-state index contributed by atoms with van der Waals surface area (Å²) in [5, 5.41) is 16.9. The van der Waals surface area contributed by atoms with Crippen LogP contribution in [-0.4, -0.2) is 26.8 Å². The van der Waals surface area contributed by atoms with E-state index in [1.165, 1.54) is 10.4 Å². The molecular formula is C16H19N5S. The highest BCUT2D eigenvalue weighted by atomic mass is 32.1. The molecule has 1 N–H and O–H groups in total. The van der Waals surface area contributed by atoms with Crippen LogP contribution in [0.4, 0.5) is 0 Å². The van der Waals surface area contributed by atoms with Gasteiger partial charge in [-0.1, -0.05) is 25.1 Å². The Bertz CT molecular complexity index is 676. The van der Waals surface area contributed by atoms with E-state index in [-0.39, 0.29) is 0 Å². The summed E-state index contributed by atoms with van der Waals surface area (Å²) in [4.78, 5) is 1.42. The molecule has 0 aliphatic heterocycles. The van der Waals surface area contributed by atoms with E-state index in [0.717, 1.165) is 12.2 Å². The molecule has 114 valence electrons. The summed E-state index contributed by atoms with van der Waals surface area (Å²) in [5.41, 5.74) is 2.23.